The third-order valence-electron chi connectivity index (χ3n) is 6.76. The molecule has 0 saturated carbocycles. The predicted octanol–water partition coefficient (Wildman–Crippen LogP) is -0.0135. The fourth-order valence-electron chi connectivity index (χ4n) is 4.58. The monoisotopic (exact) mass is 432 g/mol. The van der Waals surface area contributed by atoms with E-state index in [-0.39, 0.29) is 18.1 Å². The SMILES string of the molecule is Cc1nnc(CN=C(NCC2CCCO2)N2CCN(C(=O)C3CCCN3C)CC2)n1C. The molecule has 2 unspecified atom stereocenters. The molecule has 3 aliphatic heterocycles. The molecule has 4 rings (SSSR count). The number of carbonyl (C=O) groups excluding carboxylic acids is 1. The summed E-state index contributed by atoms with van der Waals surface area (Å²) < 4.78 is 7.74. The van der Waals surface area contributed by atoms with Crippen LogP contribution in [-0.2, 0) is 23.1 Å². The van der Waals surface area contributed by atoms with Gasteiger partial charge in [-0.25, -0.2) is 4.99 Å². The number of nitrogens with one attached hydrogen (secondary N) is 1. The number of guanidine groups is 1. The van der Waals surface area contributed by atoms with Crippen molar-refractivity contribution in [2.24, 2.45) is 12.0 Å². The Morgan fingerprint density at radius 1 is 1.10 bits per heavy atom. The highest BCUT2D eigenvalue weighted by Gasteiger charge is 2.33. The summed E-state index contributed by atoms with van der Waals surface area (Å²) in [6.07, 6.45) is 4.52. The van der Waals surface area contributed by atoms with Gasteiger partial charge in [-0.3, -0.25) is 9.69 Å². The zero-order valence-electron chi connectivity index (χ0n) is 19.1. The summed E-state index contributed by atoms with van der Waals surface area (Å²) in [4.78, 5) is 24.2. The van der Waals surface area contributed by atoms with Crippen LogP contribution in [0, 0.1) is 6.92 Å². The van der Waals surface area contributed by atoms with E-state index in [1.807, 2.05) is 23.4 Å². The molecule has 10 nitrogen and oxygen atoms in total. The van der Waals surface area contributed by atoms with Crippen molar-refractivity contribution in [3.8, 4) is 0 Å². The maximum absolute atomic E-state index is 12.9. The zero-order chi connectivity index (χ0) is 21.8. The maximum atomic E-state index is 12.9. The summed E-state index contributed by atoms with van der Waals surface area (Å²) in [7, 11) is 4.02. The van der Waals surface area contributed by atoms with Gasteiger partial charge in [-0.1, -0.05) is 0 Å². The zero-order valence-corrected chi connectivity index (χ0v) is 19.1. The number of likely N-dealkylation sites (tertiary alicyclic amines) is 1. The number of carbonyl (C=O) groups is 1. The van der Waals surface area contributed by atoms with E-state index in [1.165, 1.54) is 0 Å². The molecule has 2 atom stereocenters. The molecule has 4 heterocycles. The molecule has 1 amide bonds. The molecule has 10 heteroatoms. The highest BCUT2D eigenvalue weighted by Crippen LogP contribution is 2.18. The Balaban J connectivity index is 1.38. The minimum absolute atomic E-state index is 0.0523. The van der Waals surface area contributed by atoms with Gasteiger partial charge >= 0.3 is 0 Å². The van der Waals surface area contributed by atoms with Gasteiger partial charge in [0.15, 0.2) is 11.8 Å². The molecule has 3 fully saturated rings. The summed E-state index contributed by atoms with van der Waals surface area (Å²) >= 11 is 0. The van der Waals surface area contributed by atoms with Gasteiger partial charge < -0.3 is 24.4 Å². The molecule has 0 radical (unpaired) electrons. The second-order valence-electron chi connectivity index (χ2n) is 8.83. The summed E-state index contributed by atoms with van der Waals surface area (Å²) in [5.74, 6) is 2.86. The largest absolute Gasteiger partial charge is 0.376 e. The van der Waals surface area contributed by atoms with E-state index >= 15 is 0 Å². The van der Waals surface area contributed by atoms with Crippen molar-refractivity contribution >= 4 is 11.9 Å². The molecule has 172 valence electrons. The fraction of sp³-hybridized carbons (Fsp3) is 0.810. The van der Waals surface area contributed by atoms with Crippen LogP contribution < -0.4 is 5.32 Å². The fourth-order valence-corrected chi connectivity index (χ4v) is 4.58. The van der Waals surface area contributed by atoms with Crippen molar-refractivity contribution in [1.29, 1.82) is 0 Å². The number of rotatable bonds is 5. The lowest BCUT2D eigenvalue weighted by Crippen LogP contribution is -2.56. The quantitative estimate of drug-likeness (QED) is 0.517. The van der Waals surface area contributed by atoms with Gasteiger partial charge in [0.25, 0.3) is 0 Å². The molecule has 31 heavy (non-hydrogen) atoms. The second kappa shape index (κ2) is 9.95. The number of ether oxygens (including phenoxy) is 1. The minimum Gasteiger partial charge on any atom is -0.376 e. The number of aromatic nitrogens is 3. The van der Waals surface area contributed by atoms with Gasteiger partial charge in [-0.05, 0) is 46.2 Å². The van der Waals surface area contributed by atoms with Crippen LogP contribution in [0.25, 0.3) is 0 Å². The van der Waals surface area contributed by atoms with Gasteiger partial charge in [0, 0.05) is 46.4 Å². The van der Waals surface area contributed by atoms with Crippen LogP contribution in [0.3, 0.4) is 0 Å². The first-order valence-corrected chi connectivity index (χ1v) is 11.5. The summed E-state index contributed by atoms with van der Waals surface area (Å²) in [5, 5.41) is 11.9. The second-order valence-corrected chi connectivity index (χ2v) is 8.83. The van der Waals surface area contributed by atoms with Crippen LogP contribution in [0.5, 0.6) is 0 Å². The van der Waals surface area contributed by atoms with Crippen molar-refractivity contribution in [3.05, 3.63) is 11.6 Å². The highest BCUT2D eigenvalue weighted by atomic mass is 16.5. The van der Waals surface area contributed by atoms with Crippen LogP contribution in [0.1, 0.15) is 37.3 Å². The van der Waals surface area contributed by atoms with Crippen molar-refractivity contribution in [1.82, 2.24) is 34.8 Å². The minimum atomic E-state index is 0.0523. The van der Waals surface area contributed by atoms with Crippen molar-refractivity contribution in [2.45, 2.75) is 51.3 Å². The molecule has 0 bridgehead atoms. The first kappa shape index (κ1) is 22.0. The third-order valence-corrected chi connectivity index (χ3v) is 6.76. The summed E-state index contributed by atoms with van der Waals surface area (Å²) in [5.41, 5.74) is 0. The van der Waals surface area contributed by atoms with Gasteiger partial charge in [-0.2, -0.15) is 0 Å². The van der Waals surface area contributed by atoms with E-state index in [9.17, 15) is 4.79 Å². The Kier molecular flexibility index (Phi) is 7.06. The van der Waals surface area contributed by atoms with E-state index in [1.54, 1.807) is 0 Å². The molecule has 0 aromatic carbocycles. The Hall–Kier alpha value is -2.20. The number of hydrogen-bond donors (Lipinski definition) is 1. The lowest BCUT2D eigenvalue weighted by Gasteiger charge is -2.38. The maximum Gasteiger partial charge on any atom is 0.240 e. The molecular weight excluding hydrogens is 396 g/mol. The van der Waals surface area contributed by atoms with E-state index in [0.29, 0.717) is 6.54 Å². The number of amides is 1. The van der Waals surface area contributed by atoms with Gasteiger partial charge in [0.2, 0.25) is 5.91 Å². The topological polar surface area (TPSA) is 91.1 Å². The van der Waals surface area contributed by atoms with Crippen LogP contribution >= 0.6 is 0 Å². The standard InChI is InChI=1S/C21H36N8O2/c1-16-24-25-19(27(16)3)15-23-21(22-14-17-6-5-13-31-17)29-11-9-28(10-12-29)20(30)18-7-4-8-26(18)2/h17-18H,4-15H2,1-3H3,(H,22,23). The lowest BCUT2D eigenvalue weighted by atomic mass is 10.1. The van der Waals surface area contributed by atoms with Crippen molar-refractivity contribution in [3.63, 3.8) is 0 Å². The van der Waals surface area contributed by atoms with Crippen LogP contribution in [0.4, 0.5) is 0 Å². The molecule has 1 aromatic heterocycles. The number of piperazine rings is 1. The van der Waals surface area contributed by atoms with Gasteiger partial charge in [-0.15, -0.1) is 10.2 Å². The Bertz CT molecular complexity index is 780. The number of likely N-dealkylation sites (N-methyl/N-ethyl adjacent to an activating group) is 1. The first-order chi connectivity index (χ1) is 15.0. The van der Waals surface area contributed by atoms with E-state index in [0.717, 1.165) is 89.2 Å². The average Bonchev–Trinajstić information content (AvgIpc) is 3.52. The molecule has 1 N–H and O–H groups in total. The number of nitrogens with zero attached hydrogens (tertiary/aromatic N) is 7. The molecular formula is C21H36N8O2. The highest BCUT2D eigenvalue weighted by molar-refractivity contribution is 5.83. The van der Waals surface area contributed by atoms with Crippen LogP contribution in [0.15, 0.2) is 4.99 Å². The molecule has 0 aliphatic carbocycles. The Morgan fingerprint density at radius 2 is 1.87 bits per heavy atom. The summed E-state index contributed by atoms with van der Waals surface area (Å²) in [6.45, 7) is 8.03. The van der Waals surface area contributed by atoms with Gasteiger partial charge in [0.05, 0.1) is 12.1 Å². The van der Waals surface area contributed by atoms with E-state index < -0.39 is 0 Å². The summed E-state index contributed by atoms with van der Waals surface area (Å²) in [6, 6.07) is 0.0523. The van der Waals surface area contributed by atoms with E-state index in [4.69, 9.17) is 9.73 Å². The van der Waals surface area contributed by atoms with Crippen LogP contribution in [0.2, 0.25) is 0 Å². The van der Waals surface area contributed by atoms with Crippen molar-refractivity contribution in [2.75, 3.05) is 52.9 Å². The van der Waals surface area contributed by atoms with E-state index in [2.05, 4.69) is 32.4 Å². The van der Waals surface area contributed by atoms with Gasteiger partial charge in [0.1, 0.15) is 12.4 Å². The lowest BCUT2D eigenvalue weighted by molar-refractivity contribution is -0.136. The molecule has 0 spiro atoms. The number of aryl methyl sites for hydroxylation is 1. The normalized spacial score (nSPS) is 25.5. The third kappa shape index (κ3) is 5.17. The molecule has 1 aromatic rings. The Morgan fingerprint density at radius 3 is 2.48 bits per heavy atom. The molecule has 3 aliphatic rings. The Labute approximate surface area is 184 Å². The average molecular weight is 433 g/mol. The molecule has 3 saturated heterocycles. The number of aliphatic imine (C=N–C) groups is 1. The van der Waals surface area contributed by atoms with Crippen molar-refractivity contribution < 1.29 is 9.53 Å². The first-order valence-electron chi connectivity index (χ1n) is 11.5. The smallest absolute Gasteiger partial charge is 0.240 e. The number of hydrogen-bond acceptors (Lipinski definition) is 6. The van der Waals surface area contributed by atoms with Crippen LogP contribution in [-0.4, -0.2) is 106 Å². The predicted molar refractivity (Wildman–Crippen MR) is 118 cm³/mol.